The number of nitrogens with one attached hydrogen (secondary N) is 1. The van der Waals surface area contributed by atoms with Crippen molar-refractivity contribution in [3.05, 3.63) is 29.3 Å². The maximum atomic E-state index is 6.05. The van der Waals surface area contributed by atoms with Crippen molar-refractivity contribution in [2.75, 3.05) is 18.5 Å². The lowest BCUT2D eigenvalue weighted by atomic mass is 9.70. The zero-order chi connectivity index (χ0) is 12.7. The molecule has 2 heteroatoms. The lowest BCUT2D eigenvalue weighted by Crippen LogP contribution is -2.44. The fourth-order valence-electron chi connectivity index (χ4n) is 3.98. The van der Waals surface area contributed by atoms with E-state index in [1.54, 1.807) is 5.56 Å². The van der Waals surface area contributed by atoms with Crippen LogP contribution in [-0.2, 0) is 11.2 Å². The van der Waals surface area contributed by atoms with Crippen molar-refractivity contribution >= 4 is 5.69 Å². The van der Waals surface area contributed by atoms with Gasteiger partial charge in [0.2, 0.25) is 0 Å². The average Bonchev–Trinajstić information content (AvgIpc) is 2.45. The molecule has 1 saturated carbocycles. The Bertz CT molecular complexity index is 478. The summed E-state index contributed by atoms with van der Waals surface area (Å²) in [5, 5.41) is 3.51. The third kappa shape index (κ3) is 2.06. The third-order valence-corrected chi connectivity index (χ3v) is 5.30. The number of hydrogen-bond acceptors (Lipinski definition) is 2. The largest absolute Gasteiger partial charge is 0.385 e. The Kier molecular flexibility index (Phi) is 2.80. The van der Waals surface area contributed by atoms with Crippen LogP contribution in [0, 0.1) is 0 Å². The highest BCUT2D eigenvalue weighted by molar-refractivity contribution is 5.54. The number of benzene rings is 1. The molecule has 2 aliphatic heterocycles. The molecule has 1 unspecified atom stereocenters. The molecule has 2 fully saturated rings. The number of aryl methyl sites for hydroxylation is 1. The van der Waals surface area contributed by atoms with Gasteiger partial charge in [-0.2, -0.15) is 0 Å². The first-order valence-corrected chi connectivity index (χ1v) is 7.85. The third-order valence-electron chi connectivity index (χ3n) is 5.30. The van der Waals surface area contributed by atoms with Gasteiger partial charge in [0.05, 0.1) is 5.60 Å². The van der Waals surface area contributed by atoms with E-state index in [2.05, 4.69) is 23.5 Å². The zero-order valence-electron chi connectivity index (χ0n) is 11.6. The molecular weight excluding hydrogens is 234 g/mol. The van der Waals surface area contributed by atoms with Gasteiger partial charge in [0.25, 0.3) is 0 Å². The highest BCUT2D eigenvalue weighted by atomic mass is 16.5. The van der Waals surface area contributed by atoms with Crippen LogP contribution >= 0.6 is 0 Å². The van der Waals surface area contributed by atoms with Gasteiger partial charge in [0.1, 0.15) is 0 Å². The van der Waals surface area contributed by atoms with Gasteiger partial charge in [-0.3, -0.25) is 0 Å². The van der Waals surface area contributed by atoms with Gasteiger partial charge in [-0.25, -0.2) is 0 Å². The van der Waals surface area contributed by atoms with Crippen LogP contribution in [0.25, 0.3) is 0 Å². The van der Waals surface area contributed by atoms with Crippen molar-refractivity contribution in [3.63, 3.8) is 0 Å². The van der Waals surface area contributed by atoms with Crippen LogP contribution in [0.1, 0.15) is 55.6 Å². The van der Waals surface area contributed by atoms with Gasteiger partial charge in [0, 0.05) is 18.8 Å². The summed E-state index contributed by atoms with van der Waals surface area (Å²) in [6.45, 7) is 2.09. The molecule has 0 bridgehead atoms. The molecule has 1 N–H and O–H groups in total. The van der Waals surface area contributed by atoms with E-state index in [9.17, 15) is 0 Å². The van der Waals surface area contributed by atoms with Crippen LogP contribution in [0.4, 0.5) is 5.69 Å². The quantitative estimate of drug-likeness (QED) is 0.825. The smallest absolute Gasteiger partial charge is 0.0688 e. The fraction of sp³-hybridized carbons (Fsp3) is 0.647. The van der Waals surface area contributed by atoms with E-state index in [0.717, 1.165) is 19.1 Å². The Morgan fingerprint density at radius 3 is 3.00 bits per heavy atom. The SMILES string of the molecule is c1cc2c(cc1C1CCOC3(CCC3)C1)CCCN2. The summed E-state index contributed by atoms with van der Waals surface area (Å²) in [6, 6.07) is 7.11. The predicted molar refractivity (Wildman–Crippen MR) is 77.8 cm³/mol. The van der Waals surface area contributed by atoms with Crippen LogP contribution in [0.2, 0.25) is 0 Å². The van der Waals surface area contributed by atoms with Gasteiger partial charge in [-0.1, -0.05) is 12.1 Å². The number of anilines is 1. The Labute approximate surface area is 115 Å². The second-order valence-corrected chi connectivity index (χ2v) is 6.52. The Hall–Kier alpha value is -1.02. The molecule has 0 radical (unpaired) electrons. The minimum Gasteiger partial charge on any atom is -0.385 e. The molecule has 3 aliphatic rings. The van der Waals surface area contributed by atoms with Crippen molar-refractivity contribution in [1.82, 2.24) is 0 Å². The van der Waals surface area contributed by atoms with Crippen molar-refractivity contribution < 1.29 is 4.74 Å². The monoisotopic (exact) mass is 257 g/mol. The van der Waals surface area contributed by atoms with Crippen molar-refractivity contribution in [2.45, 2.75) is 56.5 Å². The molecular formula is C17H23NO. The summed E-state index contributed by atoms with van der Waals surface area (Å²) in [7, 11) is 0. The van der Waals surface area contributed by atoms with Crippen LogP contribution < -0.4 is 5.32 Å². The molecule has 1 spiro atoms. The van der Waals surface area contributed by atoms with E-state index in [-0.39, 0.29) is 5.60 Å². The maximum absolute atomic E-state index is 6.05. The molecule has 0 aromatic heterocycles. The van der Waals surface area contributed by atoms with E-state index >= 15 is 0 Å². The predicted octanol–water partition coefficient (Wildman–Crippen LogP) is 3.86. The van der Waals surface area contributed by atoms with Gasteiger partial charge in [0.15, 0.2) is 0 Å². The first-order valence-electron chi connectivity index (χ1n) is 7.85. The molecule has 4 rings (SSSR count). The van der Waals surface area contributed by atoms with E-state index in [1.807, 2.05) is 0 Å². The lowest BCUT2D eigenvalue weighted by molar-refractivity contribution is -0.133. The van der Waals surface area contributed by atoms with Crippen molar-refractivity contribution in [3.8, 4) is 0 Å². The highest BCUT2D eigenvalue weighted by Gasteiger charge is 2.42. The average molecular weight is 257 g/mol. The van der Waals surface area contributed by atoms with Crippen LogP contribution in [0.5, 0.6) is 0 Å². The van der Waals surface area contributed by atoms with Crippen LogP contribution in [-0.4, -0.2) is 18.8 Å². The van der Waals surface area contributed by atoms with Gasteiger partial charge in [-0.15, -0.1) is 0 Å². The van der Waals surface area contributed by atoms with E-state index in [1.165, 1.54) is 56.2 Å². The number of rotatable bonds is 1. The molecule has 1 saturated heterocycles. The minimum absolute atomic E-state index is 0.261. The molecule has 102 valence electrons. The first kappa shape index (κ1) is 11.8. The van der Waals surface area contributed by atoms with Gasteiger partial charge in [-0.05, 0) is 68.1 Å². The van der Waals surface area contributed by atoms with Crippen molar-refractivity contribution in [1.29, 1.82) is 0 Å². The first-order chi connectivity index (χ1) is 9.35. The molecule has 0 amide bonds. The zero-order valence-corrected chi connectivity index (χ0v) is 11.6. The Morgan fingerprint density at radius 2 is 2.16 bits per heavy atom. The highest BCUT2D eigenvalue weighted by Crippen LogP contribution is 2.47. The molecule has 1 aliphatic carbocycles. The van der Waals surface area contributed by atoms with E-state index in [4.69, 9.17) is 4.74 Å². The number of hydrogen-bond donors (Lipinski definition) is 1. The minimum atomic E-state index is 0.261. The Morgan fingerprint density at radius 1 is 1.21 bits per heavy atom. The second kappa shape index (κ2) is 4.52. The number of ether oxygens (including phenoxy) is 1. The molecule has 1 aromatic carbocycles. The summed E-state index contributed by atoms with van der Waals surface area (Å²) in [4.78, 5) is 0. The normalized spacial score (nSPS) is 28.3. The lowest BCUT2D eigenvalue weighted by Gasteiger charge is -2.47. The topological polar surface area (TPSA) is 21.3 Å². The summed E-state index contributed by atoms with van der Waals surface area (Å²) in [6.07, 6.45) is 8.90. The molecule has 1 aromatic rings. The maximum Gasteiger partial charge on any atom is 0.0688 e. The molecule has 2 nitrogen and oxygen atoms in total. The molecule has 19 heavy (non-hydrogen) atoms. The summed E-state index contributed by atoms with van der Waals surface area (Å²) in [5.41, 5.74) is 4.70. The standard InChI is InChI=1S/C17H23NO/c1-3-14-11-13(4-5-16(14)18-9-1)15-6-10-19-17(12-15)7-2-8-17/h4-5,11,15,18H,1-3,6-10,12H2. The summed E-state index contributed by atoms with van der Waals surface area (Å²) < 4.78 is 6.05. The van der Waals surface area contributed by atoms with E-state index < -0.39 is 0 Å². The summed E-state index contributed by atoms with van der Waals surface area (Å²) >= 11 is 0. The fourth-order valence-corrected chi connectivity index (χ4v) is 3.98. The van der Waals surface area contributed by atoms with Gasteiger partial charge < -0.3 is 10.1 Å². The van der Waals surface area contributed by atoms with Crippen molar-refractivity contribution in [2.24, 2.45) is 0 Å². The van der Waals surface area contributed by atoms with Crippen LogP contribution in [0.15, 0.2) is 18.2 Å². The number of fused-ring (bicyclic) bond motifs is 1. The van der Waals surface area contributed by atoms with Gasteiger partial charge >= 0.3 is 0 Å². The van der Waals surface area contributed by atoms with E-state index in [0.29, 0.717) is 0 Å². The Balaban J connectivity index is 1.58. The molecule has 2 heterocycles. The summed E-state index contributed by atoms with van der Waals surface area (Å²) in [5.74, 6) is 0.723. The van der Waals surface area contributed by atoms with Crippen LogP contribution in [0.3, 0.4) is 0 Å². The molecule has 1 atom stereocenters. The second-order valence-electron chi connectivity index (χ2n) is 6.52.